The van der Waals surface area contributed by atoms with Crippen molar-refractivity contribution in [1.82, 2.24) is 0 Å². The lowest BCUT2D eigenvalue weighted by Crippen LogP contribution is -2.02. The molecule has 0 aromatic rings. The van der Waals surface area contributed by atoms with Gasteiger partial charge in [0.25, 0.3) is 0 Å². The summed E-state index contributed by atoms with van der Waals surface area (Å²) < 4.78 is 0. The summed E-state index contributed by atoms with van der Waals surface area (Å²) in [6, 6.07) is 0. The highest BCUT2D eigenvalue weighted by Crippen LogP contribution is 2.17. The summed E-state index contributed by atoms with van der Waals surface area (Å²) in [7, 11) is 0. The van der Waals surface area contributed by atoms with Crippen molar-refractivity contribution < 1.29 is 9.90 Å². The second-order valence-corrected chi connectivity index (χ2v) is 4.40. The van der Waals surface area contributed by atoms with E-state index in [2.05, 4.69) is 20.4 Å². The van der Waals surface area contributed by atoms with Crippen molar-refractivity contribution in [2.75, 3.05) is 0 Å². The van der Waals surface area contributed by atoms with Gasteiger partial charge in [-0.05, 0) is 18.8 Å². The minimum atomic E-state index is -0.854. The number of carbonyl (C=O) groups is 1. The fourth-order valence-electron chi connectivity index (χ4n) is 1.59. The second-order valence-electron chi connectivity index (χ2n) is 4.40. The van der Waals surface area contributed by atoms with Crippen molar-refractivity contribution in [1.29, 1.82) is 0 Å². The molecule has 1 unspecified atom stereocenters. The van der Waals surface area contributed by atoms with Crippen molar-refractivity contribution in [3.63, 3.8) is 0 Å². The fraction of sp³-hybridized carbons (Fsp3) is 0.769. The molecule has 0 spiro atoms. The molecule has 0 aliphatic heterocycles. The first kappa shape index (κ1) is 14.2. The minimum absolute atomic E-state index is 0.343. The lowest BCUT2D eigenvalue weighted by atomic mass is 9.96. The summed E-state index contributed by atoms with van der Waals surface area (Å²) in [6.45, 7) is 7.94. The van der Waals surface area contributed by atoms with Crippen LogP contribution in [-0.2, 0) is 4.79 Å². The van der Waals surface area contributed by atoms with Crippen LogP contribution in [0.3, 0.4) is 0 Å². The van der Waals surface area contributed by atoms with Crippen LogP contribution in [0.25, 0.3) is 0 Å². The summed E-state index contributed by atoms with van der Waals surface area (Å²) in [5, 5.41) is 8.64. The van der Waals surface area contributed by atoms with Gasteiger partial charge in [0.05, 0.1) is 0 Å². The van der Waals surface area contributed by atoms with E-state index >= 15 is 0 Å². The SMILES string of the molecule is C=C(CCC(C)CCCCCC)C(=O)O. The highest BCUT2D eigenvalue weighted by atomic mass is 16.4. The second kappa shape index (κ2) is 8.51. The van der Waals surface area contributed by atoms with Gasteiger partial charge in [0.15, 0.2) is 0 Å². The van der Waals surface area contributed by atoms with Gasteiger partial charge >= 0.3 is 5.97 Å². The van der Waals surface area contributed by atoms with Gasteiger partial charge in [0.1, 0.15) is 0 Å². The largest absolute Gasteiger partial charge is 0.478 e. The van der Waals surface area contributed by atoms with Crippen LogP contribution in [-0.4, -0.2) is 11.1 Å². The molecule has 0 aromatic heterocycles. The van der Waals surface area contributed by atoms with E-state index < -0.39 is 5.97 Å². The van der Waals surface area contributed by atoms with Crippen LogP contribution in [0, 0.1) is 5.92 Å². The Bertz CT molecular complexity index is 197. The van der Waals surface area contributed by atoms with Crippen molar-refractivity contribution in [3.8, 4) is 0 Å². The summed E-state index contributed by atoms with van der Waals surface area (Å²) in [5.74, 6) is -0.230. The van der Waals surface area contributed by atoms with Crippen LogP contribution < -0.4 is 0 Å². The molecule has 2 nitrogen and oxygen atoms in total. The molecule has 2 heteroatoms. The van der Waals surface area contributed by atoms with E-state index in [0.29, 0.717) is 17.9 Å². The number of unbranched alkanes of at least 4 members (excludes halogenated alkanes) is 3. The molecular formula is C13H24O2. The van der Waals surface area contributed by atoms with Gasteiger partial charge in [-0.15, -0.1) is 0 Å². The van der Waals surface area contributed by atoms with Crippen molar-refractivity contribution in [2.24, 2.45) is 5.92 Å². The number of rotatable bonds is 9. The molecule has 88 valence electrons. The van der Waals surface area contributed by atoms with Crippen LogP contribution in [0.2, 0.25) is 0 Å². The molecule has 0 aromatic carbocycles. The molecule has 0 amide bonds. The third kappa shape index (κ3) is 8.22. The molecule has 0 aliphatic carbocycles. The van der Waals surface area contributed by atoms with Crippen LogP contribution in [0.1, 0.15) is 58.8 Å². The quantitative estimate of drug-likeness (QED) is 0.463. The van der Waals surface area contributed by atoms with Gasteiger partial charge in [0.2, 0.25) is 0 Å². The predicted octanol–water partition coefficient (Wildman–Crippen LogP) is 4.01. The number of hydrogen-bond donors (Lipinski definition) is 1. The number of aliphatic carboxylic acids is 1. The van der Waals surface area contributed by atoms with Crippen LogP contribution in [0.4, 0.5) is 0 Å². The normalized spacial score (nSPS) is 12.4. The predicted molar refractivity (Wildman–Crippen MR) is 63.9 cm³/mol. The number of hydrogen-bond acceptors (Lipinski definition) is 1. The summed E-state index contributed by atoms with van der Waals surface area (Å²) in [6.07, 6.45) is 7.96. The Morgan fingerprint density at radius 3 is 2.47 bits per heavy atom. The Morgan fingerprint density at radius 1 is 1.27 bits per heavy atom. The smallest absolute Gasteiger partial charge is 0.330 e. The topological polar surface area (TPSA) is 37.3 Å². The van der Waals surface area contributed by atoms with Gasteiger partial charge in [-0.1, -0.05) is 52.5 Å². The Morgan fingerprint density at radius 2 is 1.93 bits per heavy atom. The van der Waals surface area contributed by atoms with Crippen LogP contribution in [0.15, 0.2) is 12.2 Å². The van der Waals surface area contributed by atoms with E-state index in [1.807, 2.05) is 0 Å². The monoisotopic (exact) mass is 212 g/mol. The van der Waals surface area contributed by atoms with Crippen LogP contribution >= 0.6 is 0 Å². The zero-order chi connectivity index (χ0) is 11.7. The molecular weight excluding hydrogens is 188 g/mol. The Hall–Kier alpha value is -0.790. The first-order valence-electron chi connectivity index (χ1n) is 5.99. The Labute approximate surface area is 93.4 Å². The third-order valence-corrected chi connectivity index (χ3v) is 2.79. The maximum Gasteiger partial charge on any atom is 0.330 e. The zero-order valence-corrected chi connectivity index (χ0v) is 10.1. The lowest BCUT2D eigenvalue weighted by molar-refractivity contribution is -0.132. The molecule has 0 fully saturated rings. The molecule has 0 bridgehead atoms. The van der Waals surface area contributed by atoms with E-state index in [1.165, 1.54) is 32.1 Å². The molecule has 1 N–H and O–H groups in total. The van der Waals surface area contributed by atoms with Gasteiger partial charge in [0, 0.05) is 5.57 Å². The minimum Gasteiger partial charge on any atom is -0.478 e. The Balaban J connectivity index is 3.44. The van der Waals surface area contributed by atoms with E-state index in [-0.39, 0.29) is 0 Å². The fourth-order valence-corrected chi connectivity index (χ4v) is 1.59. The molecule has 0 radical (unpaired) electrons. The lowest BCUT2D eigenvalue weighted by Gasteiger charge is -2.10. The first-order valence-corrected chi connectivity index (χ1v) is 5.99. The average molecular weight is 212 g/mol. The highest BCUT2D eigenvalue weighted by Gasteiger charge is 2.07. The maximum atomic E-state index is 10.5. The van der Waals surface area contributed by atoms with Crippen LogP contribution in [0.5, 0.6) is 0 Å². The zero-order valence-electron chi connectivity index (χ0n) is 10.1. The summed E-state index contributed by atoms with van der Waals surface area (Å²) in [4.78, 5) is 10.5. The number of carboxylic acids is 1. The van der Waals surface area contributed by atoms with Crippen molar-refractivity contribution in [2.45, 2.75) is 58.8 Å². The average Bonchev–Trinajstić information content (AvgIpc) is 2.20. The molecule has 0 saturated carbocycles. The van der Waals surface area contributed by atoms with E-state index in [4.69, 9.17) is 5.11 Å². The maximum absolute atomic E-state index is 10.5. The van der Waals surface area contributed by atoms with E-state index in [1.54, 1.807) is 0 Å². The Kier molecular flexibility index (Phi) is 8.06. The van der Waals surface area contributed by atoms with E-state index in [9.17, 15) is 4.79 Å². The molecule has 0 saturated heterocycles. The standard InChI is InChI=1S/C13H24O2/c1-4-5-6-7-8-11(2)9-10-12(3)13(14)15/h11H,3-10H2,1-2H3,(H,14,15). The van der Waals surface area contributed by atoms with Crippen molar-refractivity contribution >= 4 is 5.97 Å². The molecule has 1 atom stereocenters. The molecule has 15 heavy (non-hydrogen) atoms. The first-order chi connectivity index (χ1) is 7.07. The van der Waals surface area contributed by atoms with Gasteiger partial charge in [-0.25, -0.2) is 4.79 Å². The van der Waals surface area contributed by atoms with E-state index in [0.717, 1.165) is 6.42 Å². The van der Waals surface area contributed by atoms with Gasteiger partial charge < -0.3 is 5.11 Å². The summed E-state index contributed by atoms with van der Waals surface area (Å²) in [5.41, 5.74) is 0.343. The molecule has 0 heterocycles. The molecule has 0 rings (SSSR count). The number of carboxylic acid groups (broad SMARTS) is 1. The summed E-state index contributed by atoms with van der Waals surface area (Å²) >= 11 is 0. The van der Waals surface area contributed by atoms with Gasteiger partial charge in [-0.3, -0.25) is 0 Å². The third-order valence-electron chi connectivity index (χ3n) is 2.79. The van der Waals surface area contributed by atoms with Gasteiger partial charge in [-0.2, -0.15) is 0 Å². The molecule has 0 aliphatic rings. The highest BCUT2D eigenvalue weighted by molar-refractivity contribution is 5.85. The van der Waals surface area contributed by atoms with Crippen molar-refractivity contribution in [3.05, 3.63) is 12.2 Å².